The summed E-state index contributed by atoms with van der Waals surface area (Å²) in [5.74, 6) is 1.61. The molecule has 0 aliphatic heterocycles. The number of fused-ring (bicyclic) bond motifs is 1. The van der Waals surface area contributed by atoms with Crippen LogP contribution in [-0.4, -0.2) is 5.54 Å². The molecule has 1 spiro atoms. The van der Waals surface area contributed by atoms with Gasteiger partial charge in [-0.3, -0.25) is 0 Å². The molecule has 3 aliphatic carbocycles. The van der Waals surface area contributed by atoms with Crippen LogP contribution < -0.4 is 10.5 Å². The van der Waals surface area contributed by atoms with Crippen molar-refractivity contribution >= 4 is 0 Å². The molecule has 3 heteroatoms. The summed E-state index contributed by atoms with van der Waals surface area (Å²) in [6.45, 7) is 0.577. The standard InChI is InChI=1S/C22H22N2O/c23-14-22(24)19-8-9-21(19)12-16-6-7-18(10-17(16)11-20(21)22)25-13-15-4-2-1-3-5-15/h1-7,10,19-20H,8-9,11-13,24H2. The summed E-state index contributed by atoms with van der Waals surface area (Å²) in [5.41, 5.74) is 10.1. The van der Waals surface area contributed by atoms with Gasteiger partial charge in [0.05, 0.1) is 6.07 Å². The van der Waals surface area contributed by atoms with Crippen LogP contribution in [0.2, 0.25) is 0 Å². The van der Waals surface area contributed by atoms with Gasteiger partial charge in [-0.2, -0.15) is 5.26 Å². The molecule has 3 aliphatic rings. The Morgan fingerprint density at radius 2 is 1.96 bits per heavy atom. The van der Waals surface area contributed by atoms with Crippen molar-refractivity contribution in [2.45, 2.75) is 37.8 Å². The quantitative estimate of drug-likeness (QED) is 0.935. The van der Waals surface area contributed by atoms with Crippen molar-refractivity contribution in [1.82, 2.24) is 0 Å². The molecule has 0 saturated heterocycles. The summed E-state index contributed by atoms with van der Waals surface area (Å²) >= 11 is 0. The minimum absolute atomic E-state index is 0.306. The summed E-state index contributed by atoms with van der Waals surface area (Å²) in [6.07, 6.45) is 4.35. The van der Waals surface area contributed by atoms with Crippen LogP contribution in [0.3, 0.4) is 0 Å². The average Bonchev–Trinajstić information content (AvgIpc) is 2.65. The highest BCUT2D eigenvalue weighted by molar-refractivity contribution is 5.45. The fourth-order valence-corrected chi connectivity index (χ4v) is 5.65. The van der Waals surface area contributed by atoms with Gasteiger partial charge in [-0.15, -0.1) is 0 Å². The Kier molecular flexibility index (Phi) is 3.05. The normalized spacial score (nSPS) is 34.4. The smallest absolute Gasteiger partial charge is 0.120 e. The van der Waals surface area contributed by atoms with E-state index >= 15 is 0 Å². The maximum atomic E-state index is 9.62. The van der Waals surface area contributed by atoms with Gasteiger partial charge in [0.15, 0.2) is 0 Å². The highest BCUT2D eigenvalue weighted by Crippen LogP contribution is 2.72. The second-order valence-corrected chi connectivity index (χ2v) is 8.01. The number of nitriles is 1. The molecule has 3 nitrogen and oxygen atoms in total. The van der Waals surface area contributed by atoms with E-state index in [0.29, 0.717) is 23.9 Å². The van der Waals surface area contributed by atoms with E-state index in [0.717, 1.165) is 25.0 Å². The molecule has 4 atom stereocenters. The van der Waals surface area contributed by atoms with E-state index < -0.39 is 5.54 Å². The first-order chi connectivity index (χ1) is 12.2. The Balaban J connectivity index is 1.38. The third-order valence-electron chi connectivity index (χ3n) is 7.00. The van der Waals surface area contributed by atoms with E-state index in [4.69, 9.17) is 10.5 Å². The molecule has 0 bridgehead atoms. The fraction of sp³-hybridized carbons (Fsp3) is 0.409. The van der Waals surface area contributed by atoms with Gasteiger partial charge in [-0.05, 0) is 65.8 Å². The minimum Gasteiger partial charge on any atom is -0.489 e. The number of nitrogens with two attached hydrogens (primary N) is 1. The van der Waals surface area contributed by atoms with E-state index in [9.17, 15) is 5.26 Å². The van der Waals surface area contributed by atoms with Crippen LogP contribution in [0.25, 0.3) is 0 Å². The van der Waals surface area contributed by atoms with Gasteiger partial charge >= 0.3 is 0 Å². The molecular weight excluding hydrogens is 308 g/mol. The molecule has 0 amide bonds. The van der Waals surface area contributed by atoms with Gasteiger partial charge in [0.2, 0.25) is 0 Å². The Morgan fingerprint density at radius 1 is 1.12 bits per heavy atom. The van der Waals surface area contributed by atoms with Crippen molar-refractivity contribution in [1.29, 1.82) is 5.26 Å². The van der Waals surface area contributed by atoms with Crippen molar-refractivity contribution in [3.05, 3.63) is 65.2 Å². The van der Waals surface area contributed by atoms with Crippen molar-refractivity contribution in [3.63, 3.8) is 0 Å². The summed E-state index contributed by atoms with van der Waals surface area (Å²) < 4.78 is 5.98. The van der Waals surface area contributed by atoms with Crippen molar-refractivity contribution in [2.24, 2.45) is 23.0 Å². The first-order valence-corrected chi connectivity index (χ1v) is 9.14. The lowest BCUT2D eigenvalue weighted by atomic mass is 9.31. The first-order valence-electron chi connectivity index (χ1n) is 9.14. The number of hydrogen-bond acceptors (Lipinski definition) is 3. The van der Waals surface area contributed by atoms with Crippen molar-refractivity contribution < 1.29 is 4.74 Å². The number of nitrogens with zero attached hydrogens (tertiary/aromatic N) is 1. The third-order valence-corrected chi connectivity index (χ3v) is 7.00. The predicted molar refractivity (Wildman–Crippen MR) is 95.8 cm³/mol. The van der Waals surface area contributed by atoms with Crippen LogP contribution in [0.4, 0.5) is 0 Å². The Bertz CT molecular complexity index is 871. The number of ether oxygens (including phenoxy) is 1. The fourth-order valence-electron chi connectivity index (χ4n) is 5.65. The largest absolute Gasteiger partial charge is 0.489 e. The summed E-state index contributed by atoms with van der Waals surface area (Å²) in [4.78, 5) is 0. The summed E-state index contributed by atoms with van der Waals surface area (Å²) in [5, 5.41) is 9.62. The van der Waals surface area contributed by atoms with Crippen LogP contribution in [0.5, 0.6) is 5.75 Å². The third kappa shape index (κ3) is 1.95. The molecule has 2 fully saturated rings. The van der Waals surface area contributed by atoms with Crippen molar-refractivity contribution in [3.8, 4) is 11.8 Å². The number of rotatable bonds is 3. The van der Waals surface area contributed by atoms with Gasteiger partial charge in [0.1, 0.15) is 17.9 Å². The van der Waals surface area contributed by atoms with Crippen LogP contribution in [-0.2, 0) is 19.4 Å². The molecule has 2 N–H and O–H groups in total. The van der Waals surface area contributed by atoms with Gasteiger partial charge in [-0.25, -0.2) is 0 Å². The minimum atomic E-state index is -0.614. The molecule has 0 aromatic heterocycles. The SMILES string of the molecule is N#CC1(N)C2CCC23Cc2ccc(OCc4ccccc4)cc2CC13. The van der Waals surface area contributed by atoms with Crippen LogP contribution in [0, 0.1) is 28.6 Å². The zero-order valence-electron chi connectivity index (χ0n) is 14.2. The monoisotopic (exact) mass is 330 g/mol. The van der Waals surface area contributed by atoms with Crippen LogP contribution >= 0.6 is 0 Å². The first kappa shape index (κ1) is 15.0. The van der Waals surface area contributed by atoms with E-state index in [2.05, 4.69) is 36.4 Å². The molecule has 126 valence electrons. The summed E-state index contributed by atoms with van der Waals surface area (Å²) in [7, 11) is 0. The van der Waals surface area contributed by atoms with Gasteiger partial charge in [0, 0.05) is 5.92 Å². The van der Waals surface area contributed by atoms with Crippen LogP contribution in [0.1, 0.15) is 29.5 Å². The van der Waals surface area contributed by atoms with Gasteiger partial charge in [-0.1, -0.05) is 36.4 Å². The lowest BCUT2D eigenvalue weighted by molar-refractivity contribution is -0.197. The van der Waals surface area contributed by atoms with Gasteiger partial charge in [0.25, 0.3) is 0 Å². The Labute approximate surface area is 148 Å². The van der Waals surface area contributed by atoms with E-state index in [1.807, 2.05) is 18.2 Å². The van der Waals surface area contributed by atoms with E-state index in [1.165, 1.54) is 23.1 Å². The zero-order valence-corrected chi connectivity index (χ0v) is 14.2. The molecule has 2 aromatic rings. The molecule has 4 unspecified atom stereocenters. The average molecular weight is 330 g/mol. The van der Waals surface area contributed by atoms with E-state index in [-0.39, 0.29) is 0 Å². The Morgan fingerprint density at radius 3 is 2.68 bits per heavy atom. The molecule has 2 aromatic carbocycles. The van der Waals surface area contributed by atoms with Crippen molar-refractivity contribution in [2.75, 3.05) is 0 Å². The van der Waals surface area contributed by atoms with Gasteiger partial charge < -0.3 is 10.5 Å². The van der Waals surface area contributed by atoms with Crippen LogP contribution in [0.15, 0.2) is 48.5 Å². The second kappa shape index (κ2) is 5.09. The zero-order chi connectivity index (χ0) is 17.1. The maximum absolute atomic E-state index is 9.62. The lowest BCUT2D eigenvalue weighted by Gasteiger charge is -2.73. The Hall–Kier alpha value is -2.31. The lowest BCUT2D eigenvalue weighted by Crippen LogP contribution is -2.79. The maximum Gasteiger partial charge on any atom is 0.120 e. The summed E-state index contributed by atoms with van der Waals surface area (Å²) in [6, 6.07) is 19.1. The topological polar surface area (TPSA) is 59.0 Å². The molecule has 2 saturated carbocycles. The molecule has 0 radical (unpaired) electrons. The predicted octanol–water partition coefficient (Wildman–Crippen LogP) is 3.61. The molecule has 25 heavy (non-hydrogen) atoms. The number of hydrogen-bond donors (Lipinski definition) is 1. The second-order valence-electron chi connectivity index (χ2n) is 8.01. The van der Waals surface area contributed by atoms with E-state index in [1.54, 1.807) is 0 Å². The highest BCUT2D eigenvalue weighted by Gasteiger charge is 2.74. The number of benzene rings is 2. The molecule has 0 heterocycles. The molecular formula is C22H22N2O. The molecule has 5 rings (SSSR count). The highest BCUT2D eigenvalue weighted by atomic mass is 16.5.